The average molecular weight is 515 g/mol. The van der Waals surface area contributed by atoms with Crippen LogP contribution in [0, 0.1) is 0 Å². The van der Waals surface area contributed by atoms with Gasteiger partial charge in [-0.3, -0.25) is 4.58 Å². The Kier molecular flexibility index (Phi) is 9.76. The summed E-state index contributed by atoms with van der Waals surface area (Å²) in [4.78, 5) is 1.66. The number of nitrogens with zero attached hydrogens (tertiary/aromatic N) is 2. The van der Waals surface area contributed by atoms with E-state index < -0.39 is 15.7 Å². The Morgan fingerprint density at radius 1 is 1.29 bits per heavy atom. The Hall–Kier alpha value is -0.320. The van der Waals surface area contributed by atoms with Gasteiger partial charge in [0.25, 0.3) is 0 Å². The predicted octanol–water partition coefficient (Wildman–Crippen LogP) is -0.216. The highest BCUT2D eigenvalue weighted by Crippen LogP contribution is 2.39. The number of aliphatic hydroxyl groups is 1. The molecule has 0 amide bonds. The molecule has 1 aromatic rings. The maximum Gasteiger partial charge on any atom is 0.311 e. The second kappa shape index (κ2) is 10.6. The molecule has 0 saturated carbocycles. The Labute approximate surface area is 188 Å². The summed E-state index contributed by atoms with van der Waals surface area (Å²) >= 11 is 7.57. The van der Waals surface area contributed by atoms with Crippen LogP contribution < -0.4 is 22.1 Å². The third-order valence-electron chi connectivity index (χ3n) is 4.78. The number of unbranched alkanes of at least 4 members (excludes halogenated alkanes) is 2. The largest absolute Gasteiger partial charge is 1.00 e. The summed E-state index contributed by atoms with van der Waals surface area (Å²) in [5.41, 5.74) is -0.854. The van der Waals surface area contributed by atoms with Crippen LogP contribution in [0.2, 0.25) is 5.02 Å². The van der Waals surface area contributed by atoms with Gasteiger partial charge in [-0.2, -0.15) is 0 Å². The van der Waals surface area contributed by atoms with Gasteiger partial charge < -0.3 is 22.1 Å². The zero-order valence-corrected chi connectivity index (χ0v) is 20.5. The van der Waals surface area contributed by atoms with Crippen LogP contribution in [-0.4, -0.2) is 54.1 Å². The molecule has 1 heterocycles. The molecule has 3 N–H and O–H groups in total. The molecular formula is C18H29BrClN3O3S2. The van der Waals surface area contributed by atoms with E-state index in [1.165, 1.54) is 12.1 Å². The quantitative estimate of drug-likeness (QED) is 0.469. The van der Waals surface area contributed by atoms with Crippen LogP contribution in [0.4, 0.5) is 0 Å². The fourth-order valence-electron chi connectivity index (χ4n) is 3.07. The lowest BCUT2D eigenvalue weighted by molar-refractivity contribution is -0.531. The van der Waals surface area contributed by atoms with E-state index in [2.05, 4.69) is 18.4 Å². The smallest absolute Gasteiger partial charge is 0.311 e. The zero-order valence-electron chi connectivity index (χ0n) is 16.5. The fourth-order valence-corrected chi connectivity index (χ4v) is 5.54. The first-order valence-electron chi connectivity index (χ1n) is 9.18. The van der Waals surface area contributed by atoms with Crippen molar-refractivity contribution in [1.29, 1.82) is 0 Å². The number of benzene rings is 1. The third kappa shape index (κ3) is 5.64. The fraction of sp³-hybridized carbons (Fsp3) is 0.611. The molecule has 1 unspecified atom stereocenters. The molecule has 1 fully saturated rings. The third-order valence-corrected chi connectivity index (χ3v) is 7.51. The van der Waals surface area contributed by atoms with Crippen molar-refractivity contribution in [3.63, 3.8) is 0 Å². The standard InChI is InChI=1S/C18H29ClN3O3S2.BrH/c1-4-6-10-22(11-7-5-2)17-21(3)18(23,13-26-17)14-8-9-15(19)16(12-14)27(20,24)25;/h8-9,12,23H,4-7,10-11,13H2,1-3H3,(H2,20,24,25);1H/q+1;/p-1. The molecular weight excluding hydrogens is 486 g/mol. The molecule has 0 radical (unpaired) electrons. The number of primary sulfonamides is 1. The summed E-state index contributed by atoms with van der Waals surface area (Å²) in [7, 11) is -2.13. The van der Waals surface area contributed by atoms with Crippen molar-refractivity contribution in [2.45, 2.75) is 50.2 Å². The first-order chi connectivity index (χ1) is 12.6. The number of amidine groups is 1. The van der Waals surface area contributed by atoms with E-state index in [1.807, 2.05) is 11.9 Å². The highest BCUT2D eigenvalue weighted by molar-refractivity contribution is 8.13. The number of hydrogen-bond acceptors (Lipinski definition) is 4. The van der Waals surface area contributed by atoms with Crippen molar-refractivity contribution in [3.8, 4) is 0 Å². The summed E-state index contributed by atoms with van der Waals surface area (Å²) in [6.45, 7) is 6.19. The van der Waals surface area contributed by atoms with Crippen LogP contribution in [0.15, 0.2) is 23.1 Å². The normalized spacial score (nSPS) is 19.6. The van der Waals surface area contributed by atoms with Crippen LogP contribution in [0.5, 0.6) is 0 Å². The summed E-state index contributed by atoms with van der Waals surface area (Å²) in [5, 5.41) is 17.7. The van der Waals surface area contributed by atoms with Gasteiger partial charge in [-0.15, -0.1) is 0 Å². The lowest BCUT2D eigenvalue weighted by Crippen LogP contribution is -3.00. The number of thioether (sulfide) groups is 1. The average Bonchev–Trinajstić information content (AvgIpc) is 2.91. The van der Waals surface area contributed by atoms with Crippen molar-refractivity contribution >= 4 is 38.6 Å². The molecule has 1 aliphatic rings. The zero-order chi connectivity index (χ0) is 20.2. The molecule has 0 aromatic heterocycles. The molecule has 1 atom stereocenters. The number of sulfonamides is 1. The highest BCUT2D eigenvalue weighted by atomic mass is 79.9. The number of nitrogens with two attached hydrogens (primary N) is 1. The van der Waals surface area contributed by atoms with Gasteiger partial charge in [0, 0.05) is 5.56 Å². The molecule has 0 spiro atoms. The first kappa shape index (κ1) is 25.7. The molecule has 0 aliphatic carbocycles. The summed E-state index contributed by atoms with van der Waals surface area (Å²) in [5.74, 6) is 0.402. The van der Waals surface area contributed by atoms with Crippen molar-refractivity contribution in [2.75, 3.05) is 25.9 Å². The molecule has 28 heavy (non-hydrogen) atoms. The Morgan fingerprint density at radius 2 is 1.86 bits per heavy atom. The number of hydrogen-bond donors (Lipinski definition) is 2. The van der Waals surface area contributed by atoms with Gasteiger partial charge in [0.05, 0.1) is 30.9 Å². The van der Waals surface area contributed by atoms with Crippen LogP contribution in [0.1, 0.15) is 45.1 Å². The Morgan fingerprint density at radius 3 is 2.36 bits per heavy atom. The molecule has 10 heteroatoms. The van der Waals surface area contributed by atoms with Crippen LogP contribution >= 0.6 is 23.4 Å². The SMILES string of the molecule is CCCC[N+](CCCC)=C1SCC(O)(c2ccc(Cl)c(S(N)(=O)=O)c2)N1C.[Br-]. The molecule has 0 bridgehead atoms. The molecule has 1 aromatic carbocycles. The summed E-state index contributed by atoms with van der Waals surface area (Å²) < 4.78 is 25.9. The van der Waals surface area contributed by atoms with Crippen molar-refractivity contribution in [1.82, 2.24) is 4.90 Å². The Balaban J connectivity index is 0.00000392. The number of halogens is 2. The van der Waals surface area contributed by atoms with Crippen LogP contribution in [-0.2, 0) is 15.7 Å². The van der Waals surface area contributed by atoms with E-state index >= 15 is 0 Å². The van der Waals surface area contributed by atoms with Gasteiger partial charge in [-0.1, -0.05) is 44.4 Å². The van der Waals surface area contributed by atoms with E-state index in [-0.39, 0.29) is 26.9 Å². The molecule has 160 valence electrons. The van der Waals surface area contributed by atoms with Crippen molar-refractivity contribution in [2.24, 2.45) is 5.14 Å². The second-order valence-electron chi connectivity index (χ2n) is 6.83. The van der Waals surface area contributed by atoms with Gasteiger partial charge in [-0.05, 0) is 36.7 Å². The van der Waals surface area contributed by atoms with E-state index in [0.29, 0.717) is 11.3 Å². The van der Waals surface area contributed by atoms with Gasteiger partial charge in [-0.25, -0.2) is 18.5 Å². The minimum absolute atomic E-state index is 0. The monoisotopic (exact) mass is 513 g/mol. The molecule has 6 nitrogen and oxygen atoms in total. The summed E-state index contributed by atoms with van der Waals surface area (Å²) in [6.07, 6.45) is 4.36. The van der Waals surface area contributed by atoms with Gasteiger partial charge in [0.1, 0.15) is 4.90 Å². The molecule has 2 rings (SSSR count). The topological polar surface area (TPSA) is 86.6 Å². The van der Waals surface area contributed by atoms with E-state index in [1.54, 1.807) is 17.8 Å². The lowest BCUT2D eigenvalue weighted by Gasteiger charge is -2.27. The van der Waals surface area contributed by atoms with Gasteiger partial charge >= 0.3 is 5.17 Å². The Bertz CT molecular complexity index is 810. The lowest BCUT2D eigenvalue weighted by atomic mass is 10.0. The first-order valence-corrected chi connectivity index (χ1v) is 12.1. The molecule has 1 aliphatic heterocycles. The molecule has 1 saturated heterocycles. The number of rotatable bonds is 8. The predicted molar refractivity (Wildman–Crippen MR) is 112 cm³/mol. The van der Waals surface area contributed by atoms with E-state index in [0.717, 1.165) is 43.9 Å². The minimum Gasteiger partial charge on any atom is -1.00 e. The van der Waals surface area contributed by atoms with Gasteiger partial charge in [0.2, 0.25) is 15.7 Å². The van der Waals surface area contributed by atoms with Crippen LogP contribution in [0.25, 0.3) is 0 Å². The maximum absolute atomic E-state index is 11.8. The van der Waals surface area contributed by atoms with E-state index in [4.69, 9.17) is 16.7 Å². The van der Waals surface area contributed by atoms with E-state index in [9.17, 15) is 13.5 Å². The minimum atomic E-state index is -3.97. The highest BCUT2D eigenvalue weighted by Gasteiger charge is 2.50. The second-order valence-corrected chi connectivity index (χ2v) is 9.71. The van der Waals surface area contributed by atoms with Gasteiger partial charge in [0.15, 0.2) is 0 Å². The van der Waals surface area contributed by atoms with Crippen molar-refractivity contribution in [3.05, 3.63) is 28.8 Å². The summed E-state index contributed by atoms with van der Waals surface area (Å²) in [6, 6.07) is 4.50. The maximum atomic E-state index is 11.8. The van der Waals surface area contributed by atoms with Crippen LogP contribution in [0.3, 0.4) is 0 Å². The van der Waals surface area contributed by atoms with Crippen molar-refractivity contribution < 1.29 is 35.1 Å².